The number of nitrogens with zero attached hydrogens (tertiary/aromatic N) is 3. The van der Waals surface area contributed by atoms with Gasteiger partial charge in [0.15, 0.2) is 0 Å². The van der Waals surface area contributed by atoms with Gasteiger partial charge < -0.3 is 19.8 Å². The Morgan fingerprint density at radius 2 is 1.55 bits per heavy atom. The molecule has 0 spiro atoms. The van der Waals surface area contributed by atoms with Gasteiger partial charge in [-0.25, -0.2) is 9.59 Å². The zero-order valence-corrected chi connectivity index (χ0v) is 21.6. The largest absolute Gasteiger partial charge is 0.465 e. The van der Waals surface area contributed by atoms with Crippen LogP contribution in [0, 0.1) is 0 Å². The average Bonchev–Trinajstić information content (AvgIpc) is 2.83. The normalized spacial score (nSPS) is 18.3. The molecule has 1 saturated heterocycles. The van der Waals surface area contributed by atoms with Gasteiger partial charge in [0, 0.05) is 45.7 Å². The number of hydrogen-bond acceptors (Lipinski definition) is 2. The van der Waals surface area contributed by atoms with Crippen molar-refractivity contribution in [3.63, 3.8) is 0 Å². The van der Waals surface area contributed by atoms with E-state index in [4.69, 9.17) is 23.2 Å². The van der Waals surface area contributed by atoms with Crippen molar-refractivity contribution >= 4 is 35.3 Å². The van der Waals surface area contributed by atoms with E-state index in [0.717, 1.165) is 4.90 Å². The van der Waals surface area contributed by atoms with Crippen LogP contribution in [0.3, 0.4) is 0 Å². The Balaban J connectivity index is 1.87. The van der Waals surface area contributed by atoms with Crippen LogP contribution in [0.5, 0.6) is 0 Å². The van der Waals surface area contributed by atoms with E-state index in [1.54, 1.807) is 12.1 Å². The smallest absolute Gasteiger partial charge is 0.416 e. The number of piperidine rings is 1. The van der Waals surface area contributed by atoms with E-state index in [9.17, 15) is 41.0 Å². The average molecular weight is 586 g/mol. The summed E-state index contributed by atoms with van der Waals surface area (Å²) in [6, 6.07) is 4.70. The maximum absolute atomic E-state index is 13.3. The molecule has 1 aliphatic rings. The number of likely N-dealkylation sites (N-methyl/N-ethyl adjacent to an activating group) is 1. The molecule has 1 aliphatic heterocycles. The fraction of sp³-hybridized carbons (Fsp3) is 0.417. The molecule has 3 rings (SSSR count). The Bertz CT molecular complexity index is 1180. The molecule has 0 bridgehead atoms. The molecule has 0 aliphatic carbocycles. The number of urea groups is 1. The van der Waals surface area contributed by atoms with E-state index in [1.807, 2.05) is 0 Å². The van der Waals surface area contributed by atoms with Crippen molar-refractivity contribution in [2.45, 2.75) is 37.3 Å². The molecule has 6 nitrogen and oxygen atoms in total. The predicted molar refractivity (Wildman–Crippen MR) is 128 cm³/mol. The molecular formula is C24H23Cl2F6N3O3. The summed E-state index contributed by atoms with van der Waals surface area (Å²) in [5.41, 5.74) is -2.68. The van der Waals surface area contributed by atoms with Crippen LogP contribution in [-0.4, -0.2) is 65.2 Å². The zero-order valence-electron chi connectivity index (χ0n) is 20.1. The molecular weight excluding hydrogens is 563 g/mol. The molecule has 2 aromatic rings. The Morgan fingerprint density at radius 3 is 2.05 bits per heavy atom. The highest BCUT2D eigenvalue weighted by molar-refractivity contribution is 6.42. The van der Waals surface area contributed by atoms with Crippen molar-refractivity contribution in [2.75, 3.05) is 27.2 Å². The minimum absolute atomic E-state index is 0.0233. The van der Waals surface area contributed by atoms with Crippen LogP contribution in [0.25, 0.3) is 0 Å². The molecule has 14 heteroatoms. The van der Waals surface area contributed by atoms with Gasteiger partial charge in [0.2, 0.25) is 0 Å². The van der Waals surface area contributed by atoms with Gasteiger partial charge in [0.05, 0.1) is 21.2 Å². The highest BCUT2D eigenvalue weighted by Gasteiger charge is 2.39. The van der Waals surface area contributed by atoms with E-state index in [2.05, 4.69) is 0 Å². The highest BCUT2D eigenvalue weighted by atomic mass is 35.5. The summed E-state index contributed by atoms with van der Waals surface area (Å²) in [4.78, 5) is 28.4. The van der Waals surface area contributed by atoms with Gasteiger partial charge in [-0.15, -0.1) is 0 Å². The third-order valence-electron chi connectivity index (χ3n) is 6.41. The monoisotopic (exact) mass is 585 g/mol. The van der Waals surface area contributed by atoms with Crippen molar-refractivity contribution in [3.8, 4) is 0 Å². The highest BCUT2D eigenvalue weighted by Crippen LogP contribution is 2.37. The number of carbonyl (C=O) groups excluding carboxylic acids is 1. The summed E-state index contributed by atoms with van der Waals surface area (Å²) in [6.07, 6.45) is -10.9. The molecule has 1 fully saturated rings. The number of likely N-dealkylation sites (tertiary alicyclic amines) is 1. The van der Waals surface area contributed by atoms with E-state index in [1.165, 1.54) is 30.0 Å². The van der Waals surface area contributed by atoms with Gasteiger partial charge >= 0.3 is 24.5 Å². The standard InChI is InChI=1S/C24H23Cl2F6N3O3/c1-33(11-13-7-15(23(27,28)29)10-16(8-13)24(30,31)32)21(36)34(2)20-5-6-35(22(37)38)12-17(20)14-3-4-18(25)19(26)9-14/h3-4,7-10,17,20H,5-6,11-12H2,1-2H3,(H,37,38)/t17-,20+/m0/s1. The molecule has 0 unspecified atom stereocenters. The molecule has 1 heterocycles. The molecule has 0 aromatic heterocycles. The van der Waals surface area contributed by atoms with Crippen LogP contribution in [0.15, 0.2) is 36.4 Å². The number of halogens is 8. The molecule has 1 N–H and O–H groups in total. The summed E-state index contributed by atoms with van der Waals surface area (Å²) >= 11 is 12.1. The van der Waals surface area contributed by atoms with Crippen molar-refractivity contribution in [2.24, 2.45) is 0 Å². The second-order valence-electron chi connectivity index (χ2n) is 9.03. The van der Waals surface area contributed by atoms with Gasteiger partial charge in [-0.3, -0.25) is 0 Å². The van der Waals surface area contributed by atoms with E-state index >= 15 is 0 Å². The summed E-state index contributed by atoms with van der Waals surface area (Å²) in [7, 11) is 2.70. The van der Waals surface area contributed by atoms with Crippen molar-refractivity contribution in [1.29, 1.82) is 0 Å². The van der Waals surface area contributed by atoms with Gasteiger partial charge in [-0.2, -0.15) is 26.3 Å². The molecule has 2 atom stereocenters. The van der Waals surface area contributed by atoms with E-state index in [0.29, 0.717) is 17.7 Å². The van der Waals surface area contributed by atoms with Crippen LogP contribution in [0.1, 0.15) is 34.6 Å². The first-order chi connectivity index (χ1) is 17.5. The van der Waals surface area contributed by atoms with Gasteiger partial charge in [0.1, 0.15) is 0 Å². The van der Waals surface area contributed by atoms with Crippen LogP contribution in [0.2, 0.25) is 10.0 Å². The van der Waals surface area contributed by atoms with E-state index in [-0.39, 0.29) is 41.2 Å². The Kier molecular flexibility index (Phi) is 8.67. The summed E-state index contributed by atoms with van der Waals surface area (Å²) in [5.74, 6) is -0.526. The van der Waals surface area contributed by atoms with Crippen LogP contribution in [0.4, 0.5) is 35.9 Å². The lowest BCUT2D eigenvalue weighted by atomic mass is 9.85. The number of benzene rings is 2. The van der Waals surface area contributed by atoms with Crippen LogP contribution in [-0.2, 0) is 18.9 Å². The molecule has 3 amide bonds. The Morgan fingerprint density at radius 1 is 0.974 bits per heavy atom. The number of amides is 3. The lowest BCUT2D eigenvalue weighted by molar-refractivity contribution is -0.143. The number of alkyl halides is 6. The fourth-order valence-corrected chi connectivity index (χ4v) is 4.82. The second-order valence-corrected chi connectivity index (χ2v) is 9.84. The van der Waals surface area contributed by atoms with Crippen molar-refractivity contribution in [3.05, 3.63) is 68.7 Å². The lowest BCUT2D eigenvalue weighted by Gasteiger charge is -2.43. The maximum Gasteiger partial charge on any atom is 0.416 e. The van der Waals surface area contributed by atoms with Gasteiger partial charge in [-0.05, 0) is 47.9 Å². The van der Waals surface area contributed by atoms with Crippen LogP contribution >= 0.6 is 23.2 Å². The summed E-state index contributed by atoms with van der Waals surface area (Å²) in [5, 5.41) is 9.98. The minimum atomic E-state index is -5.01. The van der Waals surface area contributed by atoms with Crippen molar-refractivity contribution < 1.29 is 41.0 Å². The third kappa shape index (κ3) is 6.76. The summed E-state index contributed by atoms with van der Waals surface area (Å²) in [6.45, 7) is -0.384. The Hall–Kier alpha value is -2.86. The maximum atomic E-state index is 13.3. The SMILES string of the molecule is CN(Cc1cc(C(F)(F)F)cc(C(F)(F)F)c1)C(=O)N(C)[C@@H]1CCN(C(=O)O)C[C@H]1c1ccc(Cl)c(Cl)c1. The minimum Gasteiger partial charge on any atom is -0.465 e. The first-order valence-electron chi connectivity index (χ1n) is 11.2. The first kappa shape index (κ1) is 29.7. The Labute approximate surface area is 224 Å². The summed E-state index contributed by atoms with van der Waals surface area (Å²) < 4.78 is 79.4. The molecule has 38 heavy (non-hydrogen) atoms. The third-order valence-corrected chi connectivity index (χ3v) is 7.15. The van der Waals surface area contributed by atoms with Crippen molar-refractivity contribution in [1.82, 2.24) is 14.7 Å². The first-order valence-corrected chi connectivity index (χ1v) is 11.9. The van der Waals surface area contributed by atoms with Gasteiger partial charge in [-0.1, -0.05) is 29.3 Å². The van der Waals surface area contributed by atoms with Crippen LogP contribution < -0.4 is 0 Å². The topological polar surface area (TPSA) is 64.1 Å². The van der Waals surface area contributed by atoms with E-state index < -0.39 is 54.1 Å². The molecule has 208 valence electrons. The number of carbonyl (C=O) groups is 2. The number of carboxylic acid groups (broad SMARTS) is 1. The van der Waals surface area contributed by atoms with Gasteiger partial charge in [0.25, 0.3) is 0 Å². The lowest BCUT2D eigenvalue weighted by Crippen LogP contribution is -2.53. The molecule has 2 aromatic carbocycles. The number of rotatable bonds is 4. The number of hydrogen-bond donors (Lipinski definition) is 1. The predicted octanol–water partition coefficient (Wildman–Crippen LogP) is 7.05. The fourth-order valence-electron chi connectivity index (χ4n) is 4.51. The molecule has 0 saturated carbocycles. The second kappa shape index (κ2) is 11.1. The zero-order chi connectivity index (χ0) is 28.6. The quantitative estimate of drug-likeness (QED) is 0.391. The molecule has 0 radical (unpaired) electrons.